The van der Waals surface area contributed by atoms with Gasteiger partial charge >= 0.3 is 0 Å². The van der Waals surface area contributed by atoms with Gasteiger partial charge in [0, 0.05) is 135 Å². The van der Waals surface area contributed by atoms with Crippen molar-refractivity contribution >= 4 is 118 Å². The number of thiocarbonyl (C=S) groups is 2. The summed E-state index contributed by atoms with van der Waals surface area (Å²) in [5.41, 5.74) is 37.9. The highest BCUT2D eigenvalue weighted by Crippen LogP contribution is 1.91. The van der Waals surface area contributed by atoms with Gasteiger partial charge in [0.15, 0.2) is 0 Å². The van der Waals surface area contributed by atoms with E-state index in [1.807, 2.05) is 9.80 Å². The molecule has 0 saturated heterocycles. The summed E-state index contributed by atoms with van der Waals surface area (Å²) in [5.74, 6) is -8.33. The van der Waals surface area contributed by atoms with E-state index < -0.39 is 59.7 Å². The fourth-order valence-corrected chi connectivity index (χ4v) is 2.47. The van der Waals surface area contributed by atoms with Crippen LogP contribution in [0.2, 0.25) is 0 Å². The summed E-state index contributed by atoms with van der Waals surface area (Å²) in [6.45, 7) is 18.2. The molecule has 0 rings (SSSR count). The van der Waals surface area contributed by atoms with Gasteiger partial charge in [-0.3, -0.25) is 47.9 Å². The van der Waals surface area contributed by atoms with Gasteiger partial charge in [-0.1, -0.05) is 8.64 Å². The van der Waals surface area contributed by atoms with E-state index in [-0.39, 0.29) is 36.9 Å². The molecule has 0 unspecified atom stereocenters. The number of carbonyl (C=O) groups is 10. The van der Waals surface area contributed by atoms with E-state index >= 15 is 0 Å². The second kappa shape index (κ2) is 164. The molecule has 0 amide bonds. The standard InChI is InChI=1S/C12H28N6S4.10C2H4O2.6CH5N.6H3N/c13-1-3-15-4-9-18(12(21)22)10-6-16-5-8-17(7-2-14)11(19)20;10*1-2(3)4;6*1-2;;;;;;/h15-16H,1-10,13-14H2,(H,19,20)(H,21,22);10*1H3,(H,3,4);6*2H2,1H3;6*1H3/p-2. The van der Waals surface area contributed by atoms with E-state index in [0.29, 0.717) is 28.3 Å². The summed E-state index contributed by atoms with van der Waals surface area (Å²) in [6.07, 6.45) is 0. The summed E-state index contributed by atoms with van der Waals surface area (Å²) >= 11 is 20.2. The highest BCUT2D eigenvalue weighted by atomic mass is 32.1. The van der Waals surface area contributed by atoms with Crippen LogP contribution in [0.5, 0.6) is 0 Å². The zero-order valence-electron chi connectivity index (χ0n) is 50.0. The fourth-order valence-electron chi connectivity index (χ4n) is 1.74. The van der Waals surface area contributed by atoms with Gasteiger partial charge in [-0.25, -0.2) is 0 Å². The first-order chi connectivity index (χ1) is 33.8. The molecule has 0 aliphatic heterocycles. The number of rotatable bonds is 13. The van der Waals surface area contributed by atoms with E-state index in [9.17, 15) is 0 Å². The second-order valence-corrected chi connectivity index (χ2v) is 11.8. The van der Waals surface area contributed by atoms with Crippen LogP contribution in [0, 0.1) is 0 Å². The molecule has 0 aliphatic rings. The maximum absolute atomic E-state index is 9.00. The number of nitrogens with one attached hydrogen (secondary N) is 2. The molecule has 0 aromatic rings. The molecule has 0 saturated carbocycles. The van der Waals surface area contributed by atoms with Crippen LogP contribution in [0.15, 0.2) is 0 Å². The Kier molecular flexibility index (Phi) is 311. The van der Waals surface area contributed by atoms with Crippen molar-refractivity contribution in [2.24, 2.45) is 45.9 Å². The van der Waals surface area contributed by atoms with Crippen molar-refractivity contribution in [1.29, 1.82) is 0 Å². The first kappa shape index (κ1) is 152. The van der Waals surface area contributed by atoms with Crippen molar-refractivity contribution in [2.75, 3.05) is 108 Å². The Labute approximate surface area is 495 Å². The van der Waals surface area contributed by atoms with Crippen LogP contribution < -0.4 is 93.4 Å². The number of carboxylic acids is 10. The second-order valence-electron chi connectivity index (χ2n) is 9.77. The molecule has 0 radical (unpaired) electrons. The van der Waals surface area contributed by atoms with Crippen LogP contribution in [-0.2, 0) is 73.2 Å². The molecule has 42 heteroatoms. The smallest absolute Gasteiger partial charge is 0.300 e. The average Bonchev–Trinajstić information content (AvgIpc) is 3.23. The largest absolute Gasteiger partial charge is 0.481 e. The molecule has 0 aromatic carbocycles. The number of hydrogen-bond acceptors (Lipinski definition) is 30. The van der Waals surface area contributed by atoms with Crippen LogP contribution in [0.25, 0.3) is 0 Å². The summed E-state index contributed by atoms with van der Waals surface area (Å²) in [4.78, 5) is 93.9. The molecule has 0 bridgehead atoms. The zero-order chi connectivity index (χ0) is 64.6. The topological polar surface area (TPSA) is 822 Å². The Morgan fingerprint density at radius 2 is 0.425 bits per heavy atom. The molecule has 0 spiro atoms. The minimum absolute atomic E-state index is 0. The van der Waals surface area contributed by atoms with Crippen LogP contribution in [0.4, 0.5) is 0 Å². The first-order valence-electron chi connectivity index (χ1n) is 20.0. The van der Waals surface area contributed by atoms with Crippen molar-refractivity contribution in [1.82, 2.24) is 57.3 Å². The third kappa shape index (κ3) is 988. The molecule has 38 nitrogen and oxygen atoms in total. The molecule has 0 fully saturated rings. The molecular weight excluding hydrogens is 1160 g/mol. The lowest BCUT2D eigenvalue weighted by atomic mass is 10.4. The number of nitrogens with two attached hydrogens (primary N) is 8. The lowest BCUT2D eigenvalue weighted by Crippen LogP contribution is -2.42. The summed E-state index contributed by atoms with van der Waals surface area (Å²) in [5, 5.41) is 80.7. The predicted molar refractivity (Wildman–Crippen MR) is 331 cm³/mol. The molecule has 0 aliphatic carbocycles. The normalized spacial score (nSPS) is 6.45. The van der Waals surface area contributed by atoms with Gasteiger partial charge < -0.3 is 204 Å². The van der Waals surface area contributed by atoms with Crippen molar-refractivity contribution in [2.45, 2.75) is 69.2 Å². The Bertz CT molecular complexity index is 1020. The Morgan fingerprint density at radius 1 is 0.312 bits per heavy atom. The maximum Gasteiger partial charge on any atom is 0.300 e. The van der Waals surface area contributed by atoms with Gasteiger partial charge in [0.1, 0.15) is 0 Å². The van der Waals surface area contributed by atoms with E-state index in [2.05, 4.69) is 45.0 Å². The van der Waals surface area contributed by atoms with Gasteiger partial charge in [-0.15, -0.1) is 0 Å². The zero-order valence-corrected chi connectivity index (χ0v) is 53.3. The van der Waals surface area contributed by atoms with E-state index in [0.717, 1.165) is 115 Å². The number of nitrogens with zero attached hydrogens (tertiary/aromatic N) is 2. The lowest BCUT2D eigenvalue weighted by Gasteiger charge is -2.30. The van der Waals surface area contributed by atoms with Gasteiger partial charge in [0.2, 0.25) is 0 Å². The highest BCUT2D eigenvalue weighted by molar-refractivity contribution is 8.00. The van der Waals surface area contributed by atoms with Crippen LogP contribution in [0.1, 0.15) is 69.2 Å². The van der Waals surface area contributed by atoms with Crippen LogP contribution in [-0.4, -0.2) is 237 Å². The van der Waals surface area contributed by atoms with Crippen molar-refractivity contribution < 1.29 is 99.0 Å². The summed E-state index contributed by atoms with van der Waals surface area (Å²) in [7, 11) is 9.00. The van der Waals surface area contributed by atoms with Gasteiger partial charge in [-0.05, 0) is 42.3 Å². The lowest BCUT2D eigenvalue weighted by molar-refractivity contribution is -0.135. The van der Waals surface area contributed by atoms with E-state index in [4.69, 9.17) is 160 Å². The van der Waals surface area contributed by atoms with Gasteiger partial charge in [0.05, 0.1) is 0 Å². The van der Waals surface area contributed by atoms with E-state index in [1.54, 1.807) is 0 Å². The Hall–Kier alpha value is -5.72. The van der Waals surface area contributed by atoms with Crippen molar-refractivity contribution in [3.63, 3.8) is 0 Å². The molecule has 0 atom stereocenters. The summed E-state index contributed by atoms with van der Waals surface area (Å²) in [6, 6.07) is 0. The average molecular weight is 1270 g/mol. The van der Waals surface area contributed by atoms with Gasteiger partial charge in [-0.2, -0.15) is 0 Å². The Morgan fingerprint density at radius 3 is 0.525 bits per heavy atom. The third-order valence-electron chi connectivity index (χ3n) is 2.91. The first-order valence-corrected chi connectivity index (χ1v) is 21.6. The van der Waals surface area contributed by atoms with Crippen molar-refractivity contribution in [3.05, 3.63) is 0 Å². The van der Waals surface area contributed by atoms with Gasteiger partial charge in [0.25, 0.3) is 59.7 Å². The quantitative estimate of drug-likeness (QED) is 0.0523. The SMILES string of the molecule is CC(=O)O.CC(=O)O.CC(=O)O.CC(=O)O.CC(=O)O.CC(=O)O.CC(=O)O.CC(=O)O.CC(=O)O.CC(=O)O.CN.CN.CN.CN.CN.CN.N.N.N.N.N.N.NCCNCCN(CCNCCN(CCN)C(=S)[S-])C(=S)[S-]. The molecule has 80 heavy (non-hydrogen) atoms. The van der Waals surface area contributed by atoms with Crippen molar-refractivity contribution in [3.8, 4) is 0 Å². The third-order valence-corrected chi connectivity index (χ3v) is 3.94. The van der Waals surface area contributed by atoms with E-state index in [1.165, 1.54) is 42.3 Å². The number of carboxylic acid groups (broad SMARTS) is 10. The number of hydrogen-bond donors (Lipinski definition) is 26. The molecule has 502 valence electrons. The Balaban J connectivity index is -0.0000000226. The monoisotopic (exact) mass is 1270 g/mol. The molecular formula is C38H114N18O20S4-2. The highest BCUT2D eigenvalue weighted by Gasteiger charge is 2.02. The summed E-state index contributed by atoms with van der Waals surface area (Å²) < 4.78 is 0.958. The van der Waals surface area contributed by atoms with Crippen LogP contribution >= 0.6 is 24.4 Å². The fraction of sp³-hybridized carbons (Fsp3) is 0.684. The minimum atomic E-state index is -0.833. The van der Waals surface area contributed by atoms with Crippen LogP contribution in [0.3, 0.4) is 0 Å². The number of aliphatic carboxylic acids is 10. The minimum Gasteiger partial charge on any atom is -0.481 e. The predicted octanol–water partition coefficient (Wildman–Crippen LogP) is -2.32. The molecule has 46 N–H and O–H groups in total. The molecule has 0 aromatic heterocycles. The molecule has 0 heterocycles. The maximum atomic E-state index is 9.00.